The molecule has 0 unspecified atom stereocenters. The molecule has 0 bridgehead atoms. The third-order valence-corrected chi connectivity index (χ3v) is 3.54. The number of carbonyl (C=O) groups excluding carboxylic acids is 1. The number of para-hydroxylation sites is 1. The molecule has 0 saturated heterocycles. The zero-order valence-corrected chi connectivity index (χ0v) is 14.4. The van der Waals surface area contributed by atoms with Gasteiger partial charge in [-0.15, -0.1) is 0 Å². The van der Waals surface area contributed by atoms with Gasteiger partial charge in [-0.1, -0.05) is 18.2 Å². The van der Waals surface area contributed by atoms with Gasteiger partial charge in [0.1, 0.15) is 5.75 Å². The standard InChI is InChI=1S/C19H21NO5/c1-23-16-10-13(11-17(24-2)19(16)25-3)12-20-18(22)9-8-14-6-4-5-7-15(14)21/h4-11,21H,12H2,1-3H3,(H,20,22)/b9-8+. The normalized spacial score (nSPS) is 10.5. The third-order valence-electron chi connectivity index (χ3n) is 3.54. The maximum atomic E-state index is 12.0. The van der Waals surface area contributed by atoms with E-state index < -0.39 is 0 Å². The van der Waals surface area contributed by atoms with Crippen LogP contribution in [0.5, 0.6) is 23.0 Å². The molecule has 2 aromatic carbocycles. The monoisotopic (exact) mass is 343 g/mol. The molecule has 2 rings (SSSR count). The number of phenols is 1. The highest BCUT2D eigenvalue weighted by molar-refractivity contribution is 5.92. The van der Waals surface area contributed by atoms with Gasteiger partial charge in [-0.05, 0) is 29.8 Å². The number of rotatable bonds is 7. The predicted octanol–water partition coefficient (Wildman–Crippen LogP) is 2.75. The van der Waals surface area contributed by atoms with Crippen molar-refractivity contribution in [2.24, 2.45) is 0 Å². The number of amides is 1. The molecule has 0 atom stereocenters. The smallest absolute Gasteiger partial charge is 0.244 e. The summed E-state index contributed by atoms with van der Waals surface area (Å²) in [6, 6.07) is 10.3. The summed E-state index contributed by atoms with van der Waals surface area (Å²) < 4.78 is 15.8. The third kappa shape index (κ3) is 4.67. The van der Waals surface area contributed by atoms with Crippen molar-refractivity contribution in [3.63, 3.8) is 0 Å². The number of carbonyl (C=O) groups is 1. The molecule has 1 amide bonds. The van der Waals surface area contributed by atoms with Crippen LogP contribution in [0.25, 0.3) is 6.08 Å². The van der Waals surface area contributed by atoms with Gasteiger partial charge in [-0.2, -0.15) is 0 Å². The van der Waals surface area contributed by atoms with Crippen LogP contribution in [0.4, 0.5) is 0 Å². The van der Waals surface area contributed by atoms with Crippen molar-refractivity contribution in [2.75, 3.05) is 21.3 Å². The molecule has 0 saturated carbocycles. The molecule has 2 aromatic rings. The zero-order valence-electron chi connectivity index (χ0n) is 14.4. The van der Waals surface area contributed by atoms with Gasteiger partial charge in [0, 0.05) is 18.2 Å². The molecule has 132 valence electrons. The number of phenolic OH excluding ortho intramolecular Hbond substituents is 1. The topological polar surface area (TPSA) is 77.0 Å². The second kappa shape index (κ2) is 8.63. The summed E-state index contributed by atoms with van der Waals surface area (Å²) in [5, 5.41) is 12.4. The zero-order chi connectivity index (χ0) is 18.2. The molecule has 0 aliphatic rings. The number of ether oxygens (including phenoxy) is 3. The van der Waals surface area contributed by atoms with E-state index in [9.17, 15) is 9.90 Å². The van der Waals surface area contributed by atoms with Crippen molar-refractivity contribution in [1.82, 2.24) is 5.32 Å². The average molecular weight is 343 g/mol. The van der Waals surface area contributed by atoms with E-state index in [4.69, 9.17) is 14.2 Å². The molecule has 0 aliphatic heterocycles. The van der Waals surface area contributed by atoms with Crippen LogP contribution in [0.3, 0.4) is 0 Å². The molecule has 0 fully saturated rings. The molecule has 0 radical (unpaired) electrons. The molecule has 6 heteroatoms. The van der Waals surface area contributed by atoms with Crippen LogP contribution in [0.1, 0.15) is 11.1 Å². The molecule has 0 aromatic heterocycles. The van der Waals surface area contributed by atoms with Crippen molar-refractivity contribution in [1.29, 1.82) is 0 Å². The Hall–Kier alpha value is -3.15. The molecule has 0 spiro atoms. The minimum Gasteiger partial charge on any atom is -0.507 e. The summed E-state index contributed by atoms with van der Waals surface area (Å²) in [4.78, 5) is 12.0. The van der Waals surface area contributed by atoms with Gasteiger partial charge in [0.25, 0.3) is 0 Å². The summed E-state index contributed by atoms with van der Waals surface area (Å²) in [7, 11) is 4.61. The highest BCUT2D eigenvalue weighted by Crippen LogP contribution is 2.38. The Bertz CT molecular complexity index is 745. The van der Waals surface area contributed by atoms with E-state index in [2.05, 4.69) is 5.32 Å². The minimum absolute atomic E-state index is 0.121. The minimum atomic E-state index is -0.281. The lowest BCUT2D eigenvalue weighted by Gasteiger charge is -2.14. The van der Waals surface area contributed by atoms with Crippen LogP contribution in [0.2, 0.25) is 0 Å². The highest BCUT2D eigenvalue weighted by Gasteiger charge is 2.13. The Morgan fingerprint density at radius 1 is 1.08 bits per heavy atom. The average Bonchev–Trinajstić information content (AvgIpc) is 2.64. The first-order valence-corrected chi connectivity index (χ1v) is 7.61. The van der Waals surface area contributed by atoms with Crippen molar-refractivity contribution in [3.8, 4) is 23.0 Å². The first-order chi connectivity index (χ1) is 12.1. The fourth-order valence-corrected chi connectivity index (χ4v) is 2.28. The molecule has 2 N–H and O–H groups in total. The second-order valence-electron chi connectivity index (χ2n) is 5.14. The maximum Gasteiger partial charge on any atom is 0.244 e. The first kappa shape index (κ1) is 18.2. The molecular formula is C19H21NO5. The van der Waals surface area contributed by atoms with E-state index in [1.54, 1.807) is 42.5 Å². The fraction of sp³-hybridized carbons (Fsp3) is 0.211. The van der Waals surface area contributed by atoms with Gasteiger partial charge in [-0.3, -0.25) is 4.79 Å². The molecule has 0 aliphatic carbocycles. The van der Waals surface area contributed by atoms with Crippen LogP contribution in [-0.4, -0.2) is 32.3 Å². The molecule has 6 nitrogen and oxygen atoms in total. The van der Waals surface area contributed by atoms with E-state index in [0.717, 1.165) is 5.56 Å². The van der Waals surface area contributed by atoms with E-state index in [0.29, 0.717) is 29.4 Å². The lowest BCUT2D eigenvalue weighted by Crippen LogP contribution is -2.20. The summed E-state index contributed by atoms with van der Waals surface area (Å²) in [6.07, 6.45) is 2.92. The Morgan fingerprint density at radius 3 is 2.28 bits per heavy atom. The quantitative estimate of drug-likeness (QED) is 0.756. The maximum absolute atomic E-state index is 12.0. The molecule has 25 heavy (non-hydrogen) atoms. The predicted molar refractivity (Wildman–Crippen MR) is 95.1 cm³/mol. The van der Waals surface area contributed by atoms with Gasteiger partial charge in [0.05, 0.1) is 21.3 Å². The fourth-order valence-electron chi connectivity index (χ4n) is 2.28. The highest BCUT2D eigenvalue weighted by atomic mass is 16.5. The lowest BCUT2D eigenvalue weighted by atomic mass is 10.1. The molecule has 0 heterocycles. The Balaban J connectivity index is 2.05. The lowest BCUT2D eigenvalue weighted by molar-refractivity contribution is -0.116. The van der Waals surface area contributed by atoms with Gasteiger partial charge >= 0.3 is 0 Å². The largest absolute Gasteiger partial charge is 0.507 e. The Labute approximate surface area is 146 Å². The Morgan fingerprint density at radius 2 is 1.72 bits per heavy atom. The second-order valence-corrected chi connectivity index (χ2v) is 5.14. The van der Waals surface area contributed by atoms with Gasteiger partial charge < -0.3 is 24.6 Å². The van der Waals surface area contributed by atoms with Crippen molar-refractivity contribution < 1.29 is 24.1 Å². The number of hydrogen-bond donors (Lipinski definition) is 2. The summed E-state index contributed by atoms with van der Waals surface area (Å²) >= 11 is 0. The number of benzene rings is 2. The number of aromatic hydroxyl groups is 1. The van der Waals surface area contributed by atoms with Gasteiger partial charge in [0.2, 0.25) is 11.7 Å². The van der Waals surface area contributed by atoms with Crippen LogP contribution in [0, 0.1) is 0 Å². The van der Waals surface area contributed by atoms with Gasteiger partial charge in [0.15, 0.2) is 11.5 Å². The number of nitrogens with one attached hydrogen (secondary N) is 1. The summed E-state index contributed by atoms with van der Waals surface area (Å²) in [5.41, 5.74) is 1.38. The molecular weight excluding hydrogens is 322 g/mol. The van der Waals surface area contributed by atoms with Crippen LogP contribution >= 0.6 is 0 Å². The Kier molecular flexibility index (Phi) is 6.28. The SMILES string of the molecule is COc1cc(CNC(=O)/C=C/c2ccccc2O)cc(OC)c1OC. The summed E-state index contributed by atoms with van der Waals surface area (Å²) in [5.74, 6) is 1.39. The van der Waals surface area contributed by atoms with Crippen LogP contribution in [-0.2, 0) is 11.3 Å². The van der Waals surface area contributed by atoms with Crippen molar-refractivity contribution >= 4 is 12.0 Å². The van der Waals surface area contributed by atoms with Crippen molar-refractivity contribution in [3.05, 3.63) is 53.6 Å². The van der Waals surface area contributed by atoms with E-state index >= 15 is 0 Å². The van der Waals surface area contributed by atoms with Crippen LogP contribution in [0.15, 0.2) is 42.5 Å². The first-order valence-electron chi connectivity index (χ1n) is 7.61. The van der Waals surface area contributed by atoms with Crippen molar-refractivity contribution in [2.45, 2.75) is 6.54 Å². The van der Waals surface area contributed by atoms with E-state index in [1.165, 1.54) is 27.4 Å². The number of methoxy groups -OCH3 is 3. The van der Waals surface area contributed by atoms with Gasteiger partial charge in [-0.25, -0.2) is 0 Å². The van der Waals surface area contributed by atoms with E-state index in [-0.39, 0.29) is 11.7 Å². The summed E-state index contributed by atoms with van der Waals surface area (Å²) in [6.45, 7) is 0.292. The van der Waals surface area contributed by atoms with Crippen LogP contribution < -0.4 is 19.5 Å². The number of hydrogen-bond acceptors (Lipinski definition) is 5. The van der Waals surface area contributed by atoms with E-state index in [1.807, 2.05) is 0 Å².